The molecule has 0 saturated carbocycles. The molecular formula is C30H34ClN3O4. The molecule has 0 atom stereocenters. The molecule has 0 radical (unpaired) electrons. The summed E-state index contributed by atoms with van der Waals surface area (Å²) in [5.74, 6) is 0.986. The van der Waals surface area contributed by atoms with Gasteiger partial charge in [0, 0.05) is 18.7 Å². The molecule has 0 heterocycles. The standard InChI is InChI=1S/C30H34ClN3O4/c1-22(2)34(25-10-6-4-7-11-25)30(36)28-17-16-27(20-29(28)31)38-19-9-5-8-18-37-26-14-12-24(13-15-26)21-32-33-23(3)35/h4,6-7,10-17,20,22H,5,8-9,18-19,21H2,1-3H3. The van der Waals surface area contributed by atoms with E-state index in [4.69, 9.17) is 21.1 Å². The van der Waals surface area contributed by atoms with E-state index in [-0.39, 0.29) is 17.9 Å². The van der Waals surface area contributed by atoms with Crippen molar-refractivity contribution in [2.75, 3.05) is 18.1 Å². The number of hydrogen-bond acceptors (Lipinski definition) is 5. The van der Waals surface area contributed by atoms with Crippen LogP contribution in [0.2, 0.25) is 5.02 Å². The molecule has 0 saturated heterocycles. The van der Waals surface area contributed by atoms with Crippen LogP contribution in [-0.2, 0) is 11.3 Å². The van der Waals surface area contributed by atoms with Crippen LogP contribution in [0.5, 0.6) is 11.5 Å². The highest BCUT2D eigenvalue weighted by Gasteiger charge is 2.22. The van der Waals surface area contributed by atoms with E-state index in [1.807, 2.05) is 68.4 Å². The monoisotopic (exact) mass is 535 g/mol. The molecule has 0 aliphatic heterocycles. The second-order valence-corrected chi connectivity index (χ2v) is 9.47. The molecule has 3 aromatic rings. The largest absolute Gasteiger partial charge is 0.494 e. The minimum atomic E-state index is -0.304. The molecule has 0 aliphatic carbocycles. The third-order valence-electron chi connectivity index (χ3n) is 5.65. The summed E-state index contributed by atoms with van der Waals surface area (Å²) in [5, 5.41) is 7.71. The van der Waals surface area contributed by atoms with Gasteiger partial charge in [0.1, 0.15) is 11.5 Å². The quantitative estimate of drug-likeness (QED) is 0.167. The predicted octanol–water partition coefficient (Wildman–Crippen LogP) is 7.52. The van der Waals surface area contributed by atoms with Gasteiger partial charge in [-0.15, -0.1) is 5.11 Å². The van der Waals surface area contributed by atoms with Crippen molar-refractivity contribution < 1.29 is 19.1 Å². The zero-order chi connectivity index (χ0) is 27.3. The van der Waals surface area contributed by atoms with Gasteiger partial charge in [0.25, 0.3) is 11.8 Å². The number of hydrogen-bond donors (Lipinski definition) is 0. The summed E-state index contributed by atoms with van der Waals surface area (Å²) in [5.41, 5.74) is 2.24. The number of rotatable bonds is 13. The Hall–Kier alpha value is -3.71. The van der Waals surface area contributed by atoms with Gasteiger partial charge in [-0.25, -0.2) is 0 Å². The maximum Gasteiger partial charge on any atom is 0.261 e. The second kappa shape index (κ2) is 14.9. The lowest BCUT2D eigenvalue weighted by molar-refractivity contribution is -0.116. The summed E-state index contributed by atoms with van der Waals surface area (Å²) < 4.78 is 11.6. The highest BCUT2D eigenvalue weighted by atomic mass is 35.5. The molecular weight excluding hydrogens is 502 g/mol. The van der Waals surface area contributed by atoms with Crippen LogP contribution in [0.1, 0.15) is 56.0 Å². The summed E-state index contributed by atoms with van der Waals surface area (Å²) in [6, 6.07) is 22.4. The van der Waals surface area contributed by atoms with E-state index < -0.39 is 0 Å². The molecule has 0 aliphatic rings. The number of para-hydroxylation sites is 1. The van der Waals surface area contributed by atoms with E-state index in [0.29, 0.717) is 36.1 Å². The van der Waals surface area contributed by atoms with Gasteiger partial charge in [0.2, 0.25) is 0 Å². The van der Waals surface area contributed by atoms with Crippen LogP contribution in [0.15, 0.2) is 83.0 Å². The molecule has 3 aromatic carbocycles. The molecule has 200 valence electrons. The van der Waals surface area contributed by atoms with Crippen LogP contribution in [-0.4, -0.2) is 31.1 Å². The van der Waals surface area contributed by atoms with Crippen molar-refractivity contribution in [1.29, 1.82) is 0 Å². The van der Waals surface area contributed by atoms with Crippen LogP contribution >= 0.6 is 11.6 Å². The number of amides is 2. The third kappa shape index (κ3) is 8.99. The number of nitrogens with zero attached hydrogens (tertiary/aromatic N) is 3. The van der Waals surface area contributed by atoms with Crippen LogP contribution in [0, 0.1) is 0 Å². The highest BCUT2D eigenvalue weighted by molar-refractivity contribution is 6.34. The predicted molar refractivity (Wildman–Crippen MR) is 150 cm³/mol. The van der Waals surface area contributed by atoms with Crippen molar-refractivity contribution in [3.63, 3.8) is 0 Å². The minimum absolute atomic E-state index is 0.0175. The number of ether oxygens (including phenoxy) is 2. The molecule has 0 bridgehead atoms. The van der Waals surface area contributed by atoms with E-state index in [0.717, 1.165) is 36.3 Å². The first-order chi connectivity index (χ1) is 18.3. The summed E-state index contributed by atoms with van der Waals surface area (Å²) in [7, 11) is 0. The lowest BCUT2D eigenvalue weighted by Gasteiger charge is -2.27. The topological polar surface area (TPSA) is 80.6 Å². The Kier molecular flexibility index (Phi) is 11.3. The normalized spacial score (nSPS) is 11.1. The van der Waals surface area contributed by atoms with E-state index in [1.165, 1.54) is 6.92 Å². The summed E-state index contributed by atoms with van der Waals surface area (Å²) in [6.07, 6.45) is 2.72. The Morgan fingerprint density at radius 2 is 1.50 bits per heavy atom. The molecule has 0 unspecified atom stereocenters. The van der Waals surface area contributed by atoms with Crippen LogP contribution in [0.3, 0.4) is 0 Å². The maximum absolute atomic E-state index is 13.2. The Bertz CT molecular complexity index is 1210. The number of carbonyl (C=O) groups excluding carboxylic acids is 2. The van der Waals surface area contributed by atoms with Gasteiger partial charge in [-0.3, -0.25) is 9.59 Å². The first kappa shape index (κ1) is 28.9. The van der Waals surface area contributed by atoms with Crippen LogP contribution in [0.25, 0.3) is 0 Å². The molecule has 3 rings (SSSR count). The van der Waals surface area contributed by atoms with Crippen molar-refractivity contribution in [3.8, 4) is 11.5 Å². The Balaban J connectivity index is 1.39. The van der Waals surface area contributed by atoms with E-state index >= 15 is 0 Å². The second-order valence-electron chi connectivity index (χ2n) is 9.07. The Labute approximate surface area is 229 Å². The smallest absolute Gasteiger partial charge is 0.261 e. The summed E-state index contributed by atoms with van der Waals surface area (Å²) in [4.78, 5) is 25.8. The van der Waals surface area contributed by atoms with E-state index in [2.05, 4.69) is 10.2 Å². The molecule has 7 nitrogen and oxygen atoms in total. The lowest BCUT2D eigenvalue weighted by atomic mass is 10.1. The SMILES string of the molecule is CC(=O)N=NCc1ccc(OCCCCCOc2ccc(C(=O)N(c3ccccc3)C(C)C)c(Cl)c2)cc1. The fourth-order valence-electron chi connectivity index (χ4n) is 3.80. The van der Waals surface area contributed by atoms with E-state index in [9.17, 15) is 9.59 Å². The van der Waals surface area contributed by atoms with Crippen molar-refractivity contribution in [2.24, 2.45) is 10.2 Å². The Morgan fingerprint density at radius 1 is 0.868 bits per heavy atom. The molecule has 8 heteroatoms. The van der Waals surface area contributed by atoms with Crippen molar-refractivity contribution in [2.45, 2.75) is 52.6 Å². The van der Waals surface area contributed by atoms with Crippen LogP contribution < -0.4 is 14.4 Å². The molecule has 0 N–H and O–H groups in total. The summed E-state index contributed by atoms with van der Waals surface area (Å²) in [6.45, 7) is 6.86. The van der Waals surface area contributed by atoms with Gasteiger partial charge in [-0.1, -0.05) is 41.9 Å². The number of anilines is 1. The fourth-order valence-corrected chi connectivity index (χ4v) is 4.05. The zero-order valence-corrected chi connectivity index (χ0v) is 22.9. The number of benzene rings is 3. The fraction of sp³-hybridized carbons (Fsp3) is 0.333. The van der Waals surface area contributed by atoms with Gasteiger partial charge >= 0.3 is 0 Å². The molecule has 2 amide bonds. The van der Waals surface area contributed by atoms with Crippen molar-refractivity contribution >= 4 is 29.1 Å². The molecule has 0 aromatic heterocycles. The highest BCUT2D eigenvalue weighted by Crippen LogP contribution is 2.27. The van der Waals surface area contributed by atoms with Crippen molar-refractivity contribution in [3.05, 3.63) is 88.9 Å². The van der Waals surface area contributed by atoms with Gasteiger partial charge in [0.15, 0.2) is 0 Å². The average molecular weight is 536 g/mol. The number of unbranched alkanes of at least 4 members (excludes halogenated alkanes) is 2. The zero-order valence-electron chi connectivity index (χ0n) is 22.1. The molecule has 38 heavy (non-hydrogen) atoms. The van der Waals surface area contributed by atoms with Gasteiger partial charge < -0.3 is 14.4 Å². The summed E-state index contributed by atoms with van der Waals surface area (Å²) >= 11 is 6.48. The number of azo groups is 1. The van der Waals surface area contributed by atoms with Gasteiger partial charge in [-0.05, 0) is 81.1 Å². The lowest BCUT2D eigenvalue weighted by Crippen LogP contribution is -2.37. The maximum atomic E-state index is 13.2. The number of halogens is 1. The average Bonchev–Trinajstić information content (AvgIpc) is 2.89. The third-order valence-corrected chi connectivity index (χ3v) is 5.97. The first-order valence-electron chi connectivity index (χ1n) is 12.8. The van der Waals surface area contributed by atoms with Crippen molar-refractivity contribution in [1.82, 2.24) is 0 Å². The molecule has 0 spiro atoms. The Morgan fingerprint density at radius 3 is 2.11 bits per heavy atom. The minimum Gasteiger partial charge on any atom is -0.494 e. The first-order valence-corrected chi connectivity index (χ1v) is 13.1. The molecule has 0 fully saturated rings. The van der Waals surface area contributed by atoms with Gasteiger partial charge in [0.05, 0.1) is 30.3 Å². The van der Waals surface area contributed by atoms with Crippen LogP contribution in [0.4, 0.5) is 5.69 Å². The van der Waals surface area contributed by atoms with Gasteiger partial charge in [-0.2, -0.15) is 5.11 Å². The van der Waals surface area contributed by atoms with E-state index in [1.54, 1.807) is 23.1 Å². The number of carbonyl (C=O) groups is 2.